The molecule has 0 aromatic carbocycles. The summed E-state index contributed by atoms with van der Waals surface area (Å²) in [7, 11) is 0. The predicted molar refractivity (Wildman–Crippen MR) is 166 cm³/mol. The van der Waals surface area contributed by atoms with Crippen molar-refractivity contribution >= 4 is 141 Å². The number of allylic oxidation sites excluding steroid dienone is 1. The smallest absolute Gasteiger partial charge is 0.0723 e. The molecule has 0 aromatic rings. The van der Waals surface area contributed by atoms with E-state index < -0.39 is 0 Å². The Morgan fingerprint density at radius 3 is 2.17 bits per heavy atom. The molecule has 0 bridgehead atoms. The lowest BCUT2D eigenvalue weighted by atomic mass is 10.3. The van der Waals surface area contributed by atoms with Crippen molar-refractivity contribution in [3.05, 3.63) is 68.2 Å². The van der Waals surface area contributed by atoms with Crippen LogP contribution in [0.2, 0.25) is 0 Å². The molecule has 0 saturated carbocycles. The van der Waals surface area contributed by atoms with Crippen molar-refractivity contribution in [3.8, 4) is 0 Å². The number of hydrogen-bond donors (Lipinski definition) is 0. The summed E-state index contributed by atoms with van der Waals surface area (Å²) in [6, 6.07) is 0. The molecule has 12 heteroatoms. The number of thioether (sulfide) groups is 12. The number of rotatable bonds is 6. The van der Waals surface area contributed by atoms with Gasteiger partial charge in [-0.25, -0.2) is 0 Å². The fraction of sp³-hybridized carbons (Fsp3) is 0.222. The molecule has 5 aliphatic heterocycles. The Labute approximate surface area is 229 Å². The molecule has 0 saturated heterocycles. The van der Waals surface area contributed by atoms with Crippen LogP contribution in [0.15, 0.2) is 68.2 Å². The first-order valence-electron chi connectivity index (χ1n) is 8.51. The molecule has 5 aliphatic rings. The lowest BCUT2D eigenvalue weighted by molar-refractivity contribution is 0.922. The molecule has 0 nitrogen and oxygen atoms in total. The Balaban J connectivity index is 1.06. The Morgan fingerprint density at radius 1 is 0.833 bits per heavy atom. The second-order valence-electron chi connectivity index (χ2n) is 6.02. The molecule has 0 spiro atoms. The van der Waals surface area contributed by atoms with Gasteiger partial charge in [0.05, 0.1) is 29.5 Å². The fourth-order valence-electron chi connectivity index (χ4n) is 2.44. The molecule has 5 heterocycles. The van der Waals surface area contributed by atoms with Gasteiger partial charge in [0.15, 0.2) is 0 Å². The number of hydrogen-bond acceptors (Lipinski definition) is 12. The summed E-state index contributed by atoms with van der Waals surface area (Å²) in [6.45, 7) is 6.41. The minimum Gasteiger partial charge on any atom is -0.107 e. The molecular formula is C18H14S12. The van der Waals surface area contributed by atoms with E-state index >= 15 is 0 Å². The van der Waals surface area contributed by atoms with E-state index in [0.29, 0.717) is 0 Å². The maximum atomic E-state index is 4.01. The van der Waals surface area contributed by atoms with Gasteiger partial charge in [-0.05, 0) is 35.0 Å². The van der Waals surface area contributed by atoms with Crippen LogP contribution in [0.25, 0.3) is 0 Å². The van der Waals surface area contributed by atoms with Crippen LogP contribution >= 0.6 is 141 Å². The summed E-state index contributed by atoms with van der Waals surface area (Å²) in [5, 5.41) is 9.97. The van der Waals surface area contributed by atoms with Crippen molar-refractivity contribution in [1.82, 2.24) is 0 Å². The molecule has 0 aliphatic carbocycles. The van der Waals surface area contributed by atoms with Crippen molar-refractivity contribution in [1.29, 1.82) is 0 Å². The lowest BCUT2D eigenvalue weighted by Gasteiger charge is -2.22. The lowest BCUT2D eigenvalue weighted by Crippen LogP contribution is -2.10. The van der Waals surface area contributed by atoms with Crippen LogP contribution in [-0.4, -0.2) is 9.16 Å². The molecule has 0 unspecified atom stereocenters. The fourth-order valence-corrected chi connectivity index (χ4v) is 19.1. The second kappa shape index (κ2) is 11.0. The monoisotopic (exact) mass is 614 g/mol. The zero-order valence-corrected chi connectivity index (χ0v) is 25.2. The first kappa shape index (κ1) is 24.1. The largest absolute Gasteiger partial charge is 0.107 e. The third-order valence-corrected chi connectivity index (χ3v) is 19.7. The Morgan fingerprint density at radius 2 is 1.50 bits per heavy atom. The van der Waals surface area contributed by atoms with Crippen LogP contribution in [-0.2, 0) is 0 Å². The van der Waals surface area contributed by atoms with Gasteiger partial charge in [0.1, 0.15) is 0 Å². The Bertz CT molecular complexity index is 920. The zero-order valence-electron chi connectivity index (χ0n) is 15.4. The van der Waals surface area contributed by atoms with Crippen molar-refractivity contribution in [2.75, 3.05) is 5.08 Å². The van der Waals surface area contributed by atoms with Gasteiger partial charge in [-0.1, -0.05) is 130 Å². The van der Waals surface area contributed by atoms with E-state index in [1.807, 2.05) is 94.1 Å². The maximum absolute atomic E-state index is 4.01. The quantitative estimate of drug-likeness (QED) is 0.261. The highest BCUT2D eigenvalue weighted by molar-refractivity contribution is 8.47. The summed E-state index contributed by atoms with van der Waals surface area (Å²) in [6.07, 6.45) is 3.55. The van der Waals surface area contributed by atoms with Gasteiger partial charge in [0, 0.05) is 13.6 Å². The molecule has 0 fully saturated rings. The van der Waals surface area contributed by atoms with Crippen LogP contribution in [0.4, 0.5) is 0 Å². The van der Waals surface area contributed by atoms with Crippen molar-refractivity contribution in [2.24, 2.45) is 0 Å². The van der Waals surface area contributed by atoms with Gasteiger partial charge in [-0.3, -0.25) is 0 Å². The van der Waals surface area contributed by atoms with Gasteiger partial charge in [-0.15, -0.1) is 23.5 Å². The molecule has 158 valence electrons. The summed E-state index contributed by atoms with van der Waals surface area (Å²) in [5.74, 6) is 0. The minimum absolute atomic E-state index is 0.223. The van der Waals surface area contributed by atoms with Crippen LogP contribution in [0.1, 0.15) is 13.3 Å². The maximum Gasteiger partial charge on any atom is 0.0723 e. The van der Waals surface area contributed by atoms with Gasteiger partial charge in [-0.2, -0.15) is 0 Å². The van der Waals surface area contributed by atoms with E-state index in [9.17, 15) is 0 Å². The summed E-state index contributed by atoms with van der Waals surface area (Å²) in [5.41, 5.74) is 0. The molecule has 0 aromatic heterocycles. The van der Waals surface area contributed by atoms with Crippen molar-refractivity contribution in [2.45, 2.75) is 17.4 Å². The topological polar surface area (TPSA) is 0 Å². The van der Waals surface area contributed by atoms with E-state index in [4.69, 9.17) is 0 Å². The van der Waals surface area contributed by atoms with Crippen molar-refractivity contribution in [3.63, 3.8) is 0 Å². The molecule has 0 atom stereocenters. The zero-order chi connectivity index (χ0) is 20.6. The summed E-state index contributed by atoms with van der Waals surface area (Å²) in [4.78, 5) is 0. The highest BCUT2D eigenvalue weighted by Gasteiger charge is 2.41. The predicted octanol–water partition coefficient (Wildman–Crippen LogP) is 11.6. The average Bonchev–Trinajstić information content (AvgIpc) is 3.50. The first-order valence-corrected chi connectivity index (χ1v) is 18.9. The van der Waals surface area contributed by atoms with E-state index in [0.717, 1.165) is 11.5 Å². The van der Waals surface area contributed by atoms with Gasteiger partial charge in [0.25, 0.3) is 0 Å². The highest BCUT2D eigenvalue weighted by Crippen LogP contribution is 2.71. The van der Waals surface area contributed by atoms with Crippen LogP contribution in [0.3, 0.4) is 0 Å². The molecule has 0 amide bonds. The highest BCUT2D eigenvalue weighted by atomic mass is 32.3. The van der Waals surface area contributed by atoms with Gasteiger partial charge < -0.3 is 0 Å². The molecule has 0 radical (unpaired) electrons. The van der Waals surface area contributed by atoms with E-state index in [1.165, 1.54) is 33.9 Å². The van der Waals surface area contributed by atoms with E-state index in [2.05, 4.69) is 64.7 Å². The molecule has 5 rings (SSSR count). The Hall–Kier alpha value is 2.38. The SMILES string of the molecule is C=C1SC=C(SCSC2=CS/C(=C/CC3(C)SC4=C(SC(=C5SC=CS5)S4)S3)S2)S1. The molecule has 0 N–H and O–H groups in total. The van der Waals surface area contributed by atoms with E-state index in [-0.39, 0.29) is 4.08 Å². The Kier molecular flexibility index (Phi) is 8.81. The second-order valence-corrected chi connectivity index (χ2v) is 21.7. The van der Waals surface area contributed by atoms with Gasteiger partial charge >= 0.3 is 0 Å². The van der Waals surface area contributed by atoms with Crippen LogP contribution < -0.4 is 0 Å². The normalized spacial score (nSPS) is 26.4. The minimum atomic E-state index is 0.223. The molecular weight excluding hydrogens is 601 g/mol. The van der Waals surface area contributed by atoms with E-state index in [1.54, 1.807) is 23.5 Å². The van der Waals surface area contributed by atoms with Crippen LogP contribution in [0, 0.1) is 0 Å². The van der Waals surface area contributed by atoms with Crippen molar-refractivity contribution < 1.29 is 0 Å². The van der Waals surface area contributed by atoms with Crippen LogP contribution in [0.5, 0.6) is 0 Å². The summed E-state index contributed by atoms with van der Waals surface area (Å²) < 4.78 is 11.6. The van der Waals surface area contributed by atoms with Gasteiger partial charge in [0.2, 0.25) is 0 Å². The third kappa shape index (κ3) is 6.13. The molecule has 30 heavy (non-hydrogen) atoms. The third-order valence-electron chi connectivity index (χ3n) is 3.74. The standard InChI is InChI=1S/C18H14S12/c1-10-21-7-12(25-10)23-9-24-13-8-22-11(26-13)3-4-18(2)29-16-17(30-18)28-15(27-16)14-19-5-6-20-14/h3,5-8H,1,4,9H2,2H3/b11-3-. The summed E-state index contributed by atoms with van der Waals surface area (Å²) >= 11 is 23.1. The first-order chi connectivity index (χ1) is 14.6. The average molecular weight is 615 g/mol.